The molecule has 1 saturated heterocycles. The molecule has 0 bridgehead atoms. The third kappa shape index (κ3) is 4.55. The van der Waals surface area contributed by atoms with E-state index in [0.717, 1.165) is 62.1 Å². The van der Waals surface area contributed by atoms with Gasteiger partial charge in [-0.05, 0) is 88.2 Å². The Morgan fingerprint density at radius 1 is 1.25 bits per heavy atom. The number of oxazole rings is 1. The molecule has 0 unspecified atom stereocenters. The van der Waals surface area contributed by atoms with Gasteiger partial charge in [-0.3, -0.25) is 9.89 Å². The van der Waals surface area contributed by atoms with Crippen molar-refractivity contribution in [3.8, 4) is 0 Å². The third-order valence-electron chi connectivity index (χ3n) is 6.03. The largest absolute Gasteiger partial charge is 0.444 e. The number of nitrogens with zero attached hydrogens (tertiary/aromatic N) is 3. The first-order valence-electron chi connectivity index (χ1n) is 10.4. The summed E-state index contributed by atoms with van der Waals surface area (Å²) in [6, 6.07) is 6.54. The van der Waals surface area contributed by atoms with Crippen molar-refractivity contribution in [3.05, 3.63) is 46.7 Å². The lowest BCUT2D eigenvalue weighted by Crippen LogP contribution is -2.34. The Kier molecular flexibility index (Phi) is 5.67. The topological polar surface area (TPSA) is 79.7 Å². The van der Waals surface area contributed by atoms with E-state index in [1.807, 2.05) is 13.8 Å². The minimum Gasteiger partial charge on any atom is -0.444 e. The summed E-state index contributed by atoms with van der Waals surface area (Å²) in [7, 11) is 0. The van der Waals surface area contributed by atoms with Gasteiger partial charge in [0.1, 0.15) is 5.76 Å². The fourth-order valence-electron chi connectivity index (χ4n) is 4.19. The molecule has 0 amide bonds. The van der Waals surface area contributed by atoms with Crippen molar-refractivity contribution in [2.24, 2.45) is 16.6 Å². The second-order valence-corrected chi connectivity index (χ2v) is 8.16. The van der Waals surface area contributed by atoms with Gasteiger partial charge in [0.15, 0.2) is 5.96 Å². The van der Waals surface area contributed by atoms with Crippen LogP contribution in [0.25, 0.3) is 0 Å². The molecule has 4 rings (SSSR count). The minimum atomic E-state index is 0.520. The van der Waals surface area contributed by atoms with Crippen LogP contribution >= 0.6 is 0 Å². The van der Waals surface area contributed by atoms with E-state index in [0.29, 0.717) is 11.9 Å². The Bertz CT molecular complexity index is 829. The van der Waals surface area contributed by atoms with Crippen molar-refractivity contribution in [1.29, 1.82) is 0 Å². The Hall–Kier alpha value is -2.34. The van der Waals surface area contributed by atoms with E-state index >= 15 is 0 Å². The second-order valence-electron chi connectivity index (χ2n) is 8.16. The molecular weight excluding hydrogens is 350 g/mol. The Balaban J connectivity index is 1.23. The van der Waals surface area contributed by atoms with Crippen LogP contribution in [0.4, 0.5) is 5.69 Å². The third-order valence-corrected chi connectivity index (χ3v) is 6.03. The summed E-state index contributed by atoms with van der Waals surface area (Å²) in [5.74, 6) is 2.86. The molecule has 1 aromatic heterocycles. The van der Waals surface area contributed by atoms with Gasteiger partial charge in [-0.15, -0.1) is 0 Å². The molecule has 150 valence electrons. The number of hydrogen-bond acceptors (Lipinski definition) is 4. The van der Waals surface area contributed by atoms with Gasteiger partial charge < -0.3 is 15.5 Å². The number of fused-ring (bicyclic) bond motifs is 1. The zero-order valence-electron chi connectivity index (χ0n) is 17.0. The van der Waals surface area contributed by atoms with E-state index in [9.17, 15) is 0 Å². The highest BCUT2D eigenvalue weighted by Gasteiger charge is 2.21. The molecule has 1 aliphatic carbocycles. The molecule has 28 heavy (non-hydrogen) atoms. The van der Waals surface area contributed by atoms with Gasteiger partial charge in [0, 0.05) is 12.2 Å². The summed E-state index contributed by atoms with van der Waals surface area (Å²) >= 11 is 0. The zero-order valence-corrected chi connectivity index (χ0v) is 17.0. The molecule has 2 aromatic rings. The first-order chi connectivity index (χ1) is 13.6. The quantitative estimate of drug-likeness (QED) is 0.613. The first kappa shape index (κ1) is 19.0. The average molecular weight is 382 g/mol. The summed E-state index contributed by atoms with van der Waals surface area (Å²) < 4.78 is 5.71. The van der Waals surface area contributed by atoms with Crippen molar-refractivity contribution in [2.75, 3.05) is 25.0 Å². The maximum absolute atomic E-state index is 6.12. The van der Waals surface area contributed by atoms with Gasteiger partial charge in [0.05, 0.1) is 12.2 Å². The summed E-state index contributed by atoms with van der Waals surface area (Å²) in [4.78, 5) is 11.5. The number of aliphatic imine (C=N–C) groups is 1. The molecule has 1 aromatic carbocycles. The molecular formula is C22H31N5O. The van der Waals surface area contributed by atoms with Crippen LogP contribution in [0.5, 0.6) is 0 Å². The van der Waals surface area contributed by atoms with Gasteiger partial charge in [0.2, 0.25) is 5.89 Å². The number of benzene rings is 1. The Labute approximate surface area is 167 Å². The second kappa shape index (κ2) is 8.35. The van der Waals surface area contributed by atoms with E-state index < -0.39 is 0 Å². The highest BCUT2D eigenvalue weighted by molar-refractivity contribution is 5.92. The predicted molar refractivity (Wildman–Crippen MR) is 113 cm³/mol. The Morgan fingerprint density at radius 3 is 2.79 bits per heavy atom. The normalized spacial score (nSPS) is 18.4. The number of nitrogens with two attached hydrogens (primary N) is 1. The van der Waals surface area contributed by atoms with Gasteiger partial charge in [-0.25, -0.2) is 4.98 Å². The molecule has 1 aliphatic heterocycles. The molecule has 2 aliphatic rings. The molecule has 6 nitrogen and oxygen atoms in total. The van der Waals surface area contributed by atoms with Crippen LogP contribution in [0.1, 0.15) is 47.7 Å². The van der Waals surface area contributed by atoms with E-state index in [1.54, 1.807) is 0 Å². The number of aryl methyl sites for hydroxylation is 4. The summed E-state index contributed by atoms with van der Waals surface area (Å²) in [5, 5.41) is 3.26. The maximum atomic E-state index is 6.12. The smallest absolute Gasteiger partial charge is 0.208 e. The lowest BCUT2D eigenvalue weighted by atomic mass is 9.97. The number of aromatic nitrogens is 1. The highest BCUT2D eigenvalue weighted by atomic mass is 16.4. The Morgan fingerprint density at radius 2 is 2.04 bits per heavy atom. The lowest BCUT2D eigenvalue weighted by molar-refractivity contribution is 0.166. The van der Waals surface area contributed by atoms with Crippen molar-refractivity contribution in [1.82, 2.24) is 9.88 Å². The van der Waals surface area contributed by atoms with Crippen LogP contribution in [-0.2, 0) is 19.4 Å². The van der Waals surface area contributed by atoms with Gasteiger partial charge in [-0.1, -0.05) is 6.07 Å². The van der Waals surface area contributed by atoms with Crippen LogP contribution < -0.4 is 11.1 Å². The molecule has 0 radical (unpaired) electrons. The zero-order chi connectivity index (χ0) is 19.5. The van der Waals surface area contributed by atoms with E-state index in [2.05, 4.69) is 38.4 Å². The molecule has 0 saturated carbocycles. The van der Waals surface area contributed by atoms with E-state index in [4.69, 9.17) is 10.2 Å². The van der Waals surface area contributed by atoms with Gasteiger partial charge in [0.25, 0.3) is 0 Å². The summed E-state index contributed by atoms with van der Waals surface area (Å²) in [6.45, 7) is 7.66. The molecule has 3 N–H and O–H groups in total. The summed E-state index contributed by atoms with van der Waals surface area (Å²) in [5.41, 5.74) is 11.1. The van der Waals surface area contributed by atoms with Crippen molar-refractivity contribution in [3.63, 3.8) is 0 Å². The van der Waals surface area contributed by atoms with Crippen LogP contribution in [0.2, 0.25) is 0 Å². The molecule has 0 atom stereocenters. The number of guanidine groups is 1. The van der Waals surface area contributed by atoms with Crippen molar-refractivity contribution < 1.29 is 4.42 Å². The van der Waals surface area contributed by atoms with Crippen LogP contribution in [0.3, 0.4) is 0 Å². The molecule has 1 fully saturated rings. The fourth-order valence-corrected chi connectivity index (χ4v) is 4.19. The SMILES string of the molecule is Cc1nc(CN2CCC(CN=C(N)Nc3ccc4c(c3)CCC4)CC2)oc1C. The number of hydrogen-bond donors (Lipinski definition) is 2. The monoisotopic (exact) mass is 381 g/mol. The molecule has 0 spiro atoms. The standard InChI is InChI=1S/C22H31N5O/c1-15-16(2)28-21(25-15)14-27-10-8-17(9-11-27)13-24-22(23)26-20-7-6-18-4-3-5-19(18)12-20/h6-7,12,17H,3-5,8-11,13-14H2,1-2H3,(H3,23,24,26). The highest BCUT2D eigenvalue weighted by Crippen LogP contribution is 2.25. The fraction of sp³-hybridized carbons (Fsp3) is 0.545. The van der Waals surface area contributed by atoms with Gasteiger partial charge in [-0.2, -0.15) is 0 Å². The van der Waals surface area contributed by atoms with Crippen molar-refractivity contribution in [2.45, 2.75) is 52.5 Å². The average Bonchev–Trinajstić information content (AvgIpc) is 3.27. The van der Waals surface area contributed by atoms with Gasteiger partial charge >= 0.3 is 0 Å². The lowest BCUT2D eigenvalue weighted by Gasteiger charge is -2.30. The van der Waals surface area contributed by atoms with Crippen LogP contribution in [0, 0.1) is 19.8 Å². The van der Waals surface area contributed by atoms with E-state index in [-0.39, 0.29) is 0 Å². The van der Waals surface area contributed by atoms with Crippen molar-refractivity contribution >= 4 is 11.6 Å². The number of likely N-dealkylation sites (tertiary alicyclic amines) is 1. The molecule has 6 heteroatoms. The number of piperidine rings is 1. The summed E-state index contributed by atoms with van der Waals surface area (Å²) in [6.07, 6.45) is 5.90. The number of rotatable bonds is 5. The number of nitrogens with one attached hydrogen (secondary N) is 1. The minimum absolute atomic E-state index is 0.520. The predicted octanol–water partition coefficient (Wildman–Crippen LogP) is 3.42. The van der Waals surface area contributed by atoms with E-state index in [1.165, 1.54) is 30.4 Å². The maximum Gasteiger partial charge on any atom is 0.208 e. The van der Waals surface area contributed by atoms with Crippen LogP contribution in [0.15, 0.2) is 27.6 Å². The number of anilines is 1. The van der Waals surface area contributed by atoms with Crippen LogP contribution in [-0.4, -0.2) is 35.5 Å². The molecule has 2 heterocycles. The first-order valence-corrected chi connectivity index (χ1v) is 10.4.